The summed E-state index contributed by atoms with van der Waals surface area (Å²) in [6.45, 7) is 2.73. The molecule has 1 aromatic rings. The number of imide groups is 1. The molecular weight excluding hydrogens is 476 g/mol. The molecule has 0 aliphatic carbocycles. The average molecular weight is 489 g/mol. The molecule has 0 saturated carbocycles. The number of hydrogen-bond acceptors (Lipinski definition) is 6. The lowest BCUT2D eigenvalue weighted by Gasteiger charge is -2.35. The second-order valence-electron chi connectivity index (χ2n) is 6.68. The van der Waals surface area contributed by atoms with Crippen LogP contribution in [-0.2, 0) is 24.4 Å². The van der Waals surface area contributed by atoms with Crippen molar-refractivity contribution in [2.75, 3.05) is 10.7 Å². The fourth-order valence-corrected chi connectivity index (χ4v) is 3.57. The predicted octanol–water partition coefficient (Wildman–Crippen LogP) is 2.80. The molecule has 0 radical (unpaired) electrons. The minimum Gasteiger partial charge on any atom is -0.435 e. The summed E-state index contributed by atoms with van der Waals surface area (Å²) in [5.41, 5.74) is -6.35. The van der Waals surface area contributed by atoms with Gasteiger partial charge in [-0.15, -0.1) is 0 Å². The number of halogens is 6. The van der Waals surface area contributed by atoms with E-state index in [0.717, 1.165) is 12.1 Å². The monoisotopic (exact) mass is 489 g/mol. The van der Waals surface area contributed by atoms with E-state index in [1.165, 1.54) is 13.8 Å². The van der Waals surface area contributed by atoms with Gasteiger partial charge >= 0.3 is 23.9 Å². The molecular formula is C17H13F6NO7S. The number of anilines is 1. The summed E-state index contributed by atoms with van der Waals surface area (Å²) in [7, 11) is -5.92. The third-order valence-electron chi connectivity index (χ3n) is 4.54. The number of rotatable bonds is 5. The highest BCUT2D eigenvalue weighted by atomic mass is 32.2. The van der Waals surface area contributed by atoms with E-state index in [4.69, 9.17) is 4.55 Å². The van der Waals surface area contributed by atoms with Gasteiger partial charge in [-0.3, -0.25) is 14.1 Å². The second-order valence-corrected chi connectivity index (χ2v) is 8.13. The first-order chi connectivity index (χ1) is 14.3. The van der Waals surface area contributed by atoms with Crippen molar-refractivity contribution >= 4 is 33.6 Å². The lowest BCUT2D eigenvalue weighted by Crippen LogP contribution is -2.63. The molecule has 0 spiro atoms. The third-order valence-corrected chi connectivity index (χ3v) is 5.31. The number of ether oxygens (including phenoxy) is 1. The van der Waals surface area contributed by atoms with Crippen molar-refractivity contribution in [2.24, 2.45) is 0 Å². The van der Waals surface area contributed by atoms with E-state index < -0.39 is 57.2 Å². The standard InChI is InChI=1S/C17H13F6NO7S/c1-8-9(2)13(26)24(12(8)25)11-5-3-10(4-6-11)14(27)31-15(16(18,19)20,17(21,22)23)7-32(28,29)30/h3-6H,7H2,1-2H3,(H,28,29,30). The summed E-state index contributed by atoms with van der Waals surface area (Å²) in [5, 5.41) is 0. The first-order valence-electron chi connectivity index (χ1n) is 8.30. The van der Waals surface area contributed by atoms with Gasteiger partial charge in [-0.1, -0.05) is 0 Å². The number of benzene rings is 1. The maximum atomic E-state index is 13.2. The van der Waals surface area contributed by atoms with E-state index in [1.54, 1.807) is 0 Å². The Balaban J connectivity index is 2.41. The minimum absolute atomic E-state index is 0.115. The topological polar surface area (TPSA) is 118 Å². The molecule has 0 unspecified atom stereocenters. The Kier molecular flexibility index (Phi) is 6.24. The Morgan fingerprint density at radius 2 is 1.34 bits per heavy atom. The van der Waals surface area contributed by atoms with Gasteiger partial charge in [0, 0.05) is 11.1 Å². The molecule has 2 rings (SSSR count). The van der Waals surface area contributed by atoms with Crippen molar-refractivity contribution in [1.29, 1.82) is 0 Å². The number of amides is 2. The Labute approximate surface area is 176 Å². The molecule has 0 saturated heterocycles. The zero-order chi connectivity index (χ0) is 24.9. The molecule has 2 amide bonds. The summed E-state index contributed by atoms with van der Waals surface area (Å²) in [6, 6.07) is 3.13. The van der Waals surface area contributed by atoms with Gasteiger partial charge in [0.2, 0.25) is 0 Å². The fraction of sp³-hybridized carbons (Fsp3) is 0.353. The van der Waals surface area contributed by atoms with Gasteiger partial charge in [-0.25, -0.2) is 9.69 Å². The highest BCUT2D eigenvalue weighted by Gasteiger charge is 2.76. The first kappa shape index (κ1) is 25.3. The Morgan fingerprint density at radius 3 is 1.69 bits per heavy atom. The van der Waals surface area contributed by atoms with Crippen molar-refractivity contribution in [2.45, 2.75) is 31.8 Å². The normalized spacial score (nSPS) is 16.1. The average Bonchev–Trinajstić information content (AvgIpc) is 2.81. The molecule has 176 valence electrons. The minimum atomic E-state index is -6.47. The van der Waals surface area contributed by atoms with Crippen LogP contribution in [0.25, 0.3) is 0 Å². The molecule has 1 aliphatic heterocycles. The maximum Gasteiger partial charge on any atom is 0.438 e. The van der Waals surface area contributed by atoms with Gasteiger partial charge in [-0.2, -0.15) is 34.8 Å². The fourth-order valence-electron chi connectivity index (χ4n) is 2.67. The number of carbonyl (C=O) groups is 3. The molecule has 0 fully saturated rings. The maximum absolute atomic E-state index is 13.2. The lowest BCUT2D eigenvalue weighted by molar-refractivity contribution is -0.356. The summed E-state index contributed by atoms with van der Waals surface area (Å²) >= 11 is 0. The SMILES string of the molecule is CC1=C(C)C(=O)N(c2ccc(C(=O)OC(CS(=O)(=O)O)(C(F)(F)F)C(F)(F)F)cc2)C1=O. The number of alkyl halides is 6. The van der Waals surface area contributed by atoms with Crippen molar-refractivity contribution in [1.82, 2.24) is 0 Å². The largest absolute Gasteiger partial charge is 0.438 e. The summed E-state index contributed by atoms with van der Waals surface area (Å²) < 4.78 is 113. The van der Waals surface area contributed by atoms with E-state index in [9.17, 15) is 49.1 Å². The van der Waals surface area contributed by atoms with Crippen LogP contribution in [0.3, 0.4) is 0 Å². The molecule has 1 N–H and O–H groups in total. The second kappa shape index (κ2) is 7.88. The van der Waals surface area contributed by atoms with Gasteiger partial charge in [0.05, 0.1) is 11.3 Å². The molecule has 1 aromatic carbocycles. The highest BCUT2D eigenvalue weighted by Crippen LogP contribution is 2.47. The van der Waals surface area contributed by atoms with E-state index in [1.807, 2.05) is 0 Å². The number of carbonyl (C=O) groups excluding carboxylic acids is 3. The van der Waals surface area contributed by atoms with Gasteiger partial charge in [-0.05, 0) is 38.1 Å². The molecule has 1 heterocycles. The van der Waals surface area contributed by atoms with E-state index in [2.05, 4.69) is 4.74 Å². The van der Waals surface area contributed by atoms with Gasteiger partial charge in [0.1, 0.15) is 5.75 Å². The van der Waals surface area contributed by atoms with Crippen LogP contribution in [-0.4, -0.2) is 54.5 Å². The van der Waals surface area contributed by atoms with Crippen molar-refractivity contribution in [3.8, 4) is 0 Å². The quantitative estimate of drug-likeness (QED) is 0.293. The lowest BCUT2D eigenvalue weighted by atomic mass is 10.1. The van der Waals surface area contributed by atoms with Crippen LogP contribution in [0.1, 0.15) is 24.2 Å². The molecule has 1 aliphatic rings. The van der Waals surface area contributed by atoms with Crippen LogP contribution < -0.4 is 4.90 Å². The van der Waals surface area contributed by atoms with E-state index in [0.29, 0.717) is 17.0 Å². The predicted molar refractivity (Wildman–Crippen MR) is 94.0 cm³/mol. The zero-order valence-corrected chi connectivity index (χ0v) is 16.9. The number of hydrogen-bond donors (Lipinski definition) is 1. The van der Waals surface area contributed by atoms with Gasteiger partial charge in [0.25, 0.3) is 21.9 Å². The van der Waals surface area contributed by atoms with Crippen LogP contribution in [0.2, 0.25) is 0 Å². The summed E-state index contributed by atoms with van der Waals surface area (Å²) in [5.74, 6) is -6.68. The highest BCUT2D eigenvalue weighted by molar-refractivity contribution is 7.85. The Bertz CT molecular complexity index is 1070. The third kappa shape index (κ3) is 4.48. The molecule has 15 heteroatoms. The smallest absolute Gasteiger partial charge is 0.435 e. The van der Waals surface area contributed by atoms with Crippen LogP contribution in [0.4, 0.5) is 32.0 Å². The van der Waals surface area contributed by atoms with Crippen LogP contribution in [0.5, 0.6) is 0 Å². The van der Waals surface area contributed by atoms with Crippen LogP contribution >= 0.6 is 0 Å². The number of nitrogens with zero attached hydrogens (tertiary/aromatic N) is 1. The molecule has 0 atom stereocenters. The molecule has 8 nitrogen and oxygen atoms in total. The molecule has 0 aromatic heterocycles. The van der Waals surface area contributed by atoms with Crippen molar-refractivity contribution < 1.29 is 58.4 Å². The zero-order valence-electron chi connectivity index (χ0n) is 16.0. The Morgan fingerprint density at radius 1 is 0.938 bits per heavy atom. The van der Waals surface area contributed by atoms with E-state index in [-0.39, 0.29) is 16.8 Å². The van der Waals surface area contributed by atoms with E-state index >= 15 is 0 Å². The molecule has 32 heavy (non-hydrogen) atoms. The number of esters is 1. The Hall–Kier alpha value is -2.94. The van der Waals surface area contributed by atoms with Gasteiger partial charge < -0.3 is 4.74 Å². The van der Waals surface area contributed by atoms with Crippen LogP contribution in [0.15, 0.2) is 35.4 Å². The van der Waals surface area contributed by atoms with Crippen LogP contribution in [0, 0.1) is 0 Å². The van der Waals surface area contributed by atoms with Gasteiger partial charge in [0.15, 0.2) is 0 Å². The van der Waals surface area contributed by atoms with Crippen molar-refractivity contribution in [3.63, 3.8) is 0 Å². The molecule has 0 bridgehead atoms. The first-order valence-corrected chi connectivity index (χ1v) is 9.91. The summed E-state index contributed by atoms with van der Waals surface area (Å²) in [6.07, 6.45) is -12.9. The summed E-state index contributed by atoms with van der Waals surface area (Å²) in [4.78, 5) is 36.9. The van der Waals surface area contributed by atoms with Crippen molar-refractivity contribution in [3.05, 3.63) is 41.0 Å².